The van der Waals surface area contributed by atoms with Crippen LogP contribution in [-0.2, 0) is 19.3 Å². The quantitative estimate of drug-likeness (QED) is 0.535. The molecule has 0 heterocycles. The highest BCUT2D eigenvalue weighted by molar-refractivity contribution is 14.1. The molecule has 1 heteroatoms. The van der Waals surface area contributed by atoms with E-state index < -0.39 is 0 Å². The Morgan fingerprint density at radius 1 is 0.875 bits per heavy atom. The molecule has 0 nitrogen and oxygen atoms in total. The van der Waals surface area contributed by atoms with Crippen molar-refractivity contribution in [3.05, 3.63) is 70.4 Å². The van der Waals surface area contributed by atoms with Crippen LogP contribution in [0.3, 0.4) is 0 Å². The van der Waals surface area contributed by atoms with E-state index >= 15 is 0 Å². The maximum Gasteiger partial charge on any atom is 0.0168 e. The van der Waals surface area contributed by atoms with Crippen LogP contribution in [0.1, 0.15) is 16.7 Å². The van der Waals surface area contributed by atoms with Crippen LogP contribution in [0.4, 0.5) is 0 Å². The zero-order valence-corrected chi connectivity index (χ0v) is 11.7. The van der Waals surface area contributed by atoms with E-state index in [0.717, 1.165) is 19.3 Å². The summed E-state index contributed by atoms with van der Waals surface area (Å²) in [6, 6.07) is 4.36. The number of halogens is 1. The lowest BCUT2D eigenvalue weighted by Crippen LogP contribution is -2.01. The summed E-state index contributed by atoms with van der Waals surface area (Å²) in [7, 11) is 0. The highest BCUT2D eigenvalue weighted by atomic mass is 127. The van der Waals surface area contributed by atoms with Crippen molar-refractivity contribution in [1.29, 1.82) is 0 Å². The first-order valence-electron chi connectivity index (χ1n) is 5.36. The molecule has 0 fully saturated rings. The summed E-state index contributed by atoms with van der Waals surface area (Å²) in [4.78, 5) is 0. The van der Waals surface area contributed by atoms with Crippen LogP contribution in [0.15, 0.2) is 50.1 Å². The van der Waals surface area contributed by atoms with Gasteiger partial charge in [0.2, 0.25) is 0 Å². The lowest BCUT2D eigenvalue weighted by molar-refractivity contribution is 1.08. The summed E-state index contributed by atoms with van der Waals surface area (Å²) in [6.45, 7) is 11.5. The third-order valence-corrected chi connectivity index (χ3v) is 3.54. The zero-order chi connectivity index (χ0) is 12.0. The van der Waals surface area contributed by atoms with Gasteiger partial charge in [-0.3, -0.25) is 0 Å². The van der Waals surface area contributed by atoms with Gasteiger partial charge in [-0.05, 0) is 64.6 Å². The first-order chi connectivity index (χ1) is 7.74. The van der Waals surface area contributed by atoms with Crippen LogP contribution >= 0.6 is 22.6 Å². The fourth-order valence-corrected chi connectivity index (χ4v) is 2.55. The second kappa shape index (κ2) is 6.69. The maximum absolute atomic E-state index is 3.83. The van der Waals surface area contributed by atoms with Crippen LogP contribution in [0.25, 0.3) is 0 Å². The average Bonchev–Trinajstić information content (AvgIpc) is 2.27. The first kappa shape index (κ1) is 13.2. The molecule has 0 aliphatic rings. The van der Waals surface area contributed by atoms with Crippen molar-refractivity contribution in [2.24, 2.45) is 0 Å². The van der Waals surface area contributed by atoms with Crippen molar-refractivity contribution < 1.29 is 0 Å². The van der Waals surface area contributed by atoms with E-state index in [9.17, 15) is 0 Å². The van der Waals surface area contributed by atoms with E-state index in [4.69, 9.17) is 0 Å². The Labute approximate surface area is 112 Å². The number of benzene rings is 1. The van der Waals surface area contributed by atoms with Gasteiger partial charge in [0.05, 0.1) is 0 Å². The smallest absolute Gasteiger partial charge is 0.0168 e. The Bertz CT molecular complexity index is 402. The molecular weight excluding hydrogens is 307 g/mol. The molecule has 0 N–H and O–H groups in total. The molecule has 0 amide bonds. The number of hydrogen-bond acceptors (Lipinski definition) is 0. The minimum atomic E-state index is 0.920. The topological polar surface area (TPSA) is 0 Å². The molecule has 0 bridgehead atoms. The summed E-state index contributed by atoms with van der Waals surface area (Å²) >= 11 is 2.39. The zero-order valence-electron chi connectivity index (χ0n) is 9.51. The Kier molecular flexibility index (Phi) is 5.53. The predicted octanol–water partition coefficient (Wildman–Crippen LogP) is 4.48. The number of allylic oxidation sites excluding steroid dienone is 3. The summed E-state index contributed by atoms with van der Waals surface area (Å²) < 4.78 is 1.31. The fourth-order valence-electron chi connectivity index (χ4n) is 1.82. The van der Waals surface area contributed by atoms with Gasteiger partial charge in [0.1, 0.15) is 0 Å². The molecule has 16 heavy (non-hydrogen) atoms. The van der Waals surface area contributed by atoms with Crippen LogP contribution in [0.2, 0.25) is 0 Å². The molecule has 1 aromatic carbocycles. The summed E-state index contributed by atoms with van der Waals surface area (Å²) in [6.07, 6.45) is 8.64. The summed E-state index contributed by atoms with van der Waals surface area (Å²) in [5.41, 5.74) is 4.13. The molecule has 1 rings (SSSR count). The van der Waals surface area contributed by atoms with Crippen molar-refractivity contribution in [2.45, 2.75) is 19.3 Å². The molecule has 84 valence electrons. The summed E-state index contributed by atoms with van der Waals surface area (Å²) in [5, 5.41) is 0. The van der Waals surface area contributed by atoms with Crippen LogP contribution < -0.4 is 0 Å². The van der Waals surface area contributed by atoms with E-state index in [1.165, 1.54) is 20.3 Å². The highest BCUT2D eigenvalue weighted by Crippen LogP contribution is 2.23. The van der Waals surface area contributed by atoms with Gasteiger partial charge in [-0.25, -0.2) is 0 Å². The Balaban J connectivity index is 3.28. The molecule has 0 aliphatic heterocycles. The van der Waals surface area contributed by atoms with Gasteiger partial charge in [-0.2, -0.15) is 0 Å². The van der Waals surface area contributed by atoms with Crippen molar-refractivity contribution in [3.63, 3.8) is 0 Å². The lowest BCUT2D eigenvalue weighted by atomic mass is 9.94. The molecule has 0 saturated heterocycles. The highest BCUT2D eigenvalue weighted by Gasteiger charge is 2.08. The molecule has 0 unspecified atom stereocenters. The van der Waals surface area contributed by atoms with Crippen molar-refractivity contribution in [2.75, 3.05) is 0 Å². The van der Waals surface area contributed by atoms with E-state index in [1.807, 2.05) is 18.2 Å². The van der Waals surface area contributed by atoms with Gasteiger partial charge in [0.25, 0.3) is 0 Å². The maximum atomic E-state index is 3.83. The minimum Gasteiger partial charge on any atom is -0.103 e. The van der Waals surface area contributed by atoms with Crippen molar-refractivity contribution in [3.8, 4) is 0 Å². The molecule has 0 atom stereocenters. The van der Waals surface area contributed by atoms with Gasteiger partial charge in [-0.15, -0.1) is 19.7 Å². The molecular formula is C15H17I. The van der Waals surface area contributed by atoms with Crippen molar-refractivity contribution >= 4 is 22.6 Å². The third kappa shape index (κ3) is 3.08. The third-order valence-electron chi connectivity index (χ3n) is 2.53. The molecule has 0 aliphatic carbocycles. The van der Waals surface area contributed by atoms with Gasteiger partial charge in [0, 0.05) is 3.57 Å². The van der Waals surface area contributed by atoms with Gasteiger partial charge in [-0.1, -0.05) is 24.3 Å². The molecule has 0 radical (unpaired) electrons. The van der Waals surface area contributed by atoms with E-state index in [2.05, 4.69) is 54.5 Å². The Morgan fingerprint density at radius 2 is 1.44 bits per heavy atom. The van der Waals surface area contributed by atoms with E-state index in [0.29, 0.717) is 0 Å². The fraction of sp³-hybridized carbons (Fsp3) is 0.200. The second-order valence-electron chi connectivity index (χ2n) is 3.64. The Morgan fingerprint density at radius 3 is 2.00 bits per heavy atom. The molecule has 0 saturated carbocycles. The largest absolute Gasteiger partial charge is 0.103 e. The predicted molar refractivity (Wildman–Crippen MR) is 80.9 cm³/mol. The molecule has 1 aromatic rings. The normalized spacial score (nSPS) is 9.81. The summed E-state index contributed by atoms with van der Waals surface area (Å²) in [5.74, 6) is 0. The monoisotopic (exact) mass is 324 g/mol. The number of rotatable bonds is 6. The average molecular weight is 324 g/mol. The van der Waals surface area contributed by atoms with Crippen LogP contribution in [0.5, 0.6) is 0 Å². The molecule has 0 aromatic heterocycles. The van der Waals surface area contributed by atoms with E-state index in [1.54, 1.807) is 0 Å². The SMILES string of the molecule is C=CCc1ccc(I)c(CC=C)c1CC=C. The first-order valence-corrected chi connectivity index (χ1v) is 6.44. The minimum absolute atomic E-state index is 0.920. The Hall–Kier alpha value is -0.830. The second-order valence-corrected chi connectivity index (χ2v) is 4.80. The standard InChI is InChI=1S/C15H17I/c1-4-7-12-10-11-15(16)14(9-6-3)13(12)8-5-2/h4-6,10-11H,1-3,7-9H2. The van der Waals surface area contributed by atoms with Crippen LogP contribution in [-0.4, -0.2) is 0 Å². The number of hydrogen-bond donors (Lipinski definition) is 0. The molecule has 0 spiro atoms. The lowest BCUT2D eigenvalue weighted by Gasteiger charge is -2.13. The van der Waals surface area contributed by atoms with Crippen LogP contribution in [0, 0.1) is 3.57 Å². The van der Waals surface area contributed by atoms with Gasteiger partial charge >= 0.3 is 0 Å². The van der Waals surface area contributed by atoms with Crippen molar-refractivity contribution in [1.82, 2.24) is 0 Å². The van der Waals surface area contributed by atoms with Gasteiger partial charge in [0.15, 0.2) is 0 Å². The van der Waals surface area contributed by atoms with E-state index in [-0.39, 0.29) is 0 Å². The van der Waals surface area contributed by atoms with Gasteiger partial charge < -0.3 is 0 Å².